The van der Waals surface area contributed by atoms with E-state index in [-0.39, 0.29) is 29.2 Å². The first kappa shape index (κ1) is 22.6. The van der Waals surface area contributed by atoms with E-state index < -0.39 is 29.3 Å². The van der Waals surface area contributed by atoms with Gasteiger partial charge in [0, 0.05) is 35.6 Å². The second-order valence-electron chi connectivity index (χ2n) is 6.64. The average molecular weight is 451 g/mol. The summed E-state index contributed by atoms with van der Waals surface area (Å²) in [7, 11) is 0. The number of halogens is 4. The minimum absolute atomic E-state index is 0.0384. The molecule has 0 aliphatic rings. The molecule has 3 rings (SSSR count). The molecule has 0 saturated heterocycles. The summed E-state index contributed by atoms with van der Waals surface area (Å²) in [5.74, 6) is -0.637. The van der Waals surface area contributed by atoms with Crippen LogP contribution in [0.25, 0.3) is 11.1 Å². The molecule has 0 saturated carbocycles. The summed E-state index contributed by atoms with van der Waals surface area (Å²) in [6.45, 7) is 1.75. The van der Waals surface area contributed by atoms with Gasteiger partial charge in [-0.25, -0.2) is 4.79 Å². The lowest BCUT2D eigenvalue weighted by Crippen LogP contribution is -2.32. The molecule has 5 nitrogen and oxygen atoms in total. The SMILES string of the molecule is CCOC(=O)C(Cc1ccccn1)n1ccc(-c2cc(Cl)ccc2C(F)(F)F)cc1=O. The molecule has 2 heterocycles. The molecule has 9 heteroatoms. The van der Waals surface area contributed by atoms with E-state index in [9.17, 15) is 22.8 Å². The van der Waals surface area contributed by atoms with Gasteiger partial charge in [0.15, 0.2) is 0 Å². The normalized spacial score (nSPS) is 12.4. The topological polar surface area (TPSA) is 61.2 Å². The van der Waals surface area contributed by atoms with Crippen molar-refractivity contribution >= 4 is 17.6 Å². The molecule has 0 fully saturated rings. The zero-order valence-corrected chi connectivity index (χ0v) is 17.2. The lowest BCUT2D eigenvalue weighted by molar-refractivity contribution is -0.147. The zero-order chi connectivity index (χ0) is 22.6. The standard InChI is InChI=1S/C22H18ClF3N2O3/c1-2-31-21(30)19(13-16-5-3-4-9-27-16)28-10-8-14(11-20(28)29)17-12-15(23)6-7-18(17)22(24,25)26/h3-12,19H,2,13H2,1H3. The summed E-state index contributed by atoms with van der Waals surface area (Å²) >= 11 is 5.89. The monoisotopic (exact) mass is 450 g/mol. The van der Waals surface area contributed by atoms with Crippen molar-refractivity contribution in [3.8, 4) is 11.1 Å². The van der Waals surface area contributed by atoms with Crippen LogP contribution in [-0.4, -0.2) is 22.1 Å². The van der Waals surface area contributed by atoms with Gasteiger partial charge in [0.25, 0.3) is 5.56 Å². The number of alkyl halides is 3. The number of ether oxygens (including phenoxy) is 1. The Morgan fingerprint density at radius 1 is 1.19 bits per heavy atom. The Balaban J connectivity index is 2.05. The Labute approximate surface area is 181 Å². The van der Waals surface area contributed by atoms with Crippen molar-refractivity contribution in [3.63, 3.8) is 0 Å². The molecule has 0 radical (unpaired) electrons. The fourth-order valence-electron chi connectivity index (χ4n) is 3.17. The number of hydrogen-bond acceptors (Lipinski definition) is 4. The van der Waals surface area contributed by atoms with Gasteiger partial charge in [0.2, 0.25) is 0 Å². The Morgan fingerprint density at radius 3 is 2.58 bits per heavy atom. The van der Waals surface area contributed by atoms with Gasteiger partial charge < -0.3 is 9.30 Å². The van der Waals surface area contributed by atoms with E-state index in [2.05, 4.69) is 4.98 Å². The second kappa shape index (κ2) is 9.34. The van der Waals surface area contributed by atoms with Gasteiger partial charge in [-0.3, -0.25) is 9.78 Å². The molecule has 0 amide bonds. The van der Waals surface area contributed by atoms with Crippen LogP contribution < -0.4 is 5.56 Å². The van der Waals surface area contributed by atoms with Crippen LogP contribution in [0, 0.1) is 0 Å². The molecular weight excluding hydrogens is 433 g/mol. The summed E-state index contributed by atoms with van der Waals surface area (Å²) in [5, 5.41) is 0.103. The van der Waals surface area contributed by atoms with Gasteiger partial charge in [-0.1, -0.05) is 17.7 Å². The molecule has 162 valence electrons. The Bertz CT molecular complexity index is 1130. The summed E-state index contributed by atoms with van der Waals surface area (Å²) in [4.78, 5) is 29.5. The van der Waals surface area contributed by atoms with Crippen LogP contribution in [0.3, 0.4) is 0 Å². The zero-order valence-electron chi connectivity index (χ0n) is 16.4. The van der Waals surface area contributed by atoms with Gasteiger partial charge in [-0.2, -0.15) is 13.2 Å². The fourth-order valence-corrected chi connectivity index (χ4v) is 3.34. The first-order valence-corrected chi connectivity index (χ1v) is 9.74. The van der Waals surface area contributed by atoms with Crippen LogP contribution in [-0.2, 0) is 22.1 Å². The van der Waals surface area contributed by atoms with Gasteiger partial charge in [0.05, 0.1) is 12.2 Å². The first-order valence-electron chi connectivity index (χ1n) is 9.36. The smallest absolute Gasteiger partial charge is 0.417 e. The number of pyridine rings is 2. The van der Waals surface area contributed by atoms with Crippen molar-refractivity contribution in [2.45, 2.75) is 25.6 Å². The molecule has 0 N–H and O–H groups in total. The number of esters is 1. The summed E-state index contributed by atoms with van der Waals surface area (Å²) < 4.78 is 46.5. The highest BCUT2D eigenvalue weighted by molar-refractivity contribution is 6.30. The van der Waals surface area contributed by atoms with Gasteiger partial charge in [-0.05, 0) is 54.4 Å². The second-order valence-corrected chi connectivity index (χ2v) is 7.08. The van der Waals surface area contributed by atoms with E-state index >= 15 is 0 Å². The van der Waals surface area contributed by atoms with Crippen LogP contribution in [0.2, 0.25) is 5.02 Å². The van der Waals surface area contributed by atoms with Crippen molar-refractivity contribution in [2.24, 2.45) is 0 Å². The molecule has 0 spiro atoms. The van der Waals surface area contributed by atoms with Crippen LogP contribution in [0.15, 0.2) is 65.7 Å². The van der Waals surface area contributed by atoms with Crippen LogP contribution in [0.1, 0.15) is 24.2 Å². The predicted octanol–water partition coefficient (Wildman–Crippen LogP) is 4.93. The van der Waals surface area contributed by atoms with E-state index in [1.54, 1.807) is 31.3 Å². The number of carbonyl (C=O) groups is 1. The van der Waals surface area contributed by atoms with Crippen molar-refractivity contribution in [1.82, 2.24) is 9.55 Å². The maximum atomic E-state index is 13.4. The minimum atomic E-state index is -4.62. The maximum absolute atomic E-state index is 13.4. The number of nitrogens with zero attached hydrogens (tertiary/aromatic N) is 2. The third kappa shape index (κ3) is 5.32. The highest BCUT2D eigenvalue weighted by Crippen LogP contribution is 2.38. The average Bonchev–Trinajstić information content (AvgIpc) is 2.72. The number of rotatable bonds is 6. The molecule has 0 bridgehead atoms. The predicted molar refractivity (Wildman–Crippen MR) is 110 cm³/mol. The summed E-state index contributed by atoms with van der Waals surface area (Å²) in [6.07, 6.45) is -1.70. The van der Waals surface area contributed by atoms with Gasteiger partial charge in [0.1, 0.15) is 6.04 Å². The van der Waals surface area contributed by atoms with E-state index in [0.717, 1.165) is 28.8 Å². The molecule has 1 atom stereocenters. The number of hydrogen-bond donors (Lipinski definition) is 0. The molecule has 31 heavy (non-hydrogen) atoms. The first-order chi connectivity index (χ1) is 14.7. The van der Waals surface area contributed by atoms with Gasteiger partial charge in [-0.15, -0.1) is 0 Å². The van der Waals surface area contributed by atoms with Crippen LogP contribution >= 0.6 is 11.6 Å². The third-order valence-corrected chi connectivity index (χ3v) is 4.80. The van der Waals surface area contributed by atoms with Crippen molar-refractivity contribution < 1.29 is 22.7 Å². The van der Waals surface area contributed by atoms with Gasteiger partial charge >= 0.3 is 12.1 Å². The highest BCUT2D eigenvalue weighted by Gasteiger charge is 2.34. The quantitative estimate of drug-likeness (QED) is 0.500. The van der Waals surface area contributed by atoms with E-state index in [1.165, 1.54) is 12.3 Å². The van der Waals surface area contributed by atoms with Crippen molar-refractivity contribution in [2.75, 3.05) is 6.61 Å². The molecule has 0 aliphatic heterocycles. The molecular formula is C22H18ClF3N2O3. The Morgan fingerprint density at radius 2 is 1.97 bits per heavy atom. The fraction of sp³-hybridized carbons (Fsp3) is 0.227. The van der Waals surface area contributed by atoms with E-state index in [4.69, 9.17) is 16.3 Å². The number of carbonyl (C=O) groups excluding carboxylic acids is 1. The molecule has 0 aliphatic carbocycles. The minimum Gasteiger partial charge on any atom is -0.464 e. The molecule has 3 aromatic rings. The molecule has 1 unspecified atom stereocenters. The Hall–Kier alpha value is -3.13. The lowest BCUT2D eigenvalue weighted by atomic mass is 10.00. The number of benzene rings is 1. The van der Waals surface area contributed by atoms with Crippen LogP contribution in [0.4, 0.5) is 13.2 Å². The summed E-state index contributed by atoms with van der Waals surface area (Å²) in [5.41, 5.74) is -1.19. The number of aromatic nitrogens is 2. The summed E-state index contributed by atoms with van der Waals surface area (Å²) in [6, 6.07) is 9.69. The van der Waals surface area contributed by atoms with Crippen LogP contribution in [0.5, 0.6) is 0 Å². The largest absolute Gasteiger partial charge is 0.464 e. The molecule has 2 aromatic heterocycles. The highest BCUT2D eigenvalue weighted by atomic mass is 35.5. The van der Waals surface area contributed by atoms with E-state index in [1.807, 2.05) is 0 Å². The maximum Gasteiger partial charge on any atom is 0.417 e. The Kier molecular flexibility index (Phi) is 6.80. The van der Waals surface area contributed by atoms with E-state index in [0.29, 0.717) is 5.69 Å². The molecule has 1 aromatic carbocycles. The third-order valence-electron chi connectivity index (χ3n) is 4.57. The lowest BCUT2D eigenvalue weighted by Gasteiger charge is -2.19. The van der Waals surface area contributed by atoms with Crippen molar-refractivity contribution in [1.29, 1.82) is 0 Å². The van der Waals surface area contributed by atoms with Crippen molar-refractivity contribution in [3.05, 3.63) is 87.6 Å².